The molecular weight excluding hydrogens is 645 g/mol. The van der Waals surface area contributed by atoms with Crippen LogP contribution in [-0.4, -0.2) is 30.6 Å². The average Bonchev–Trinajstić information content (AvgIpc) is 3.62. The van der Waals surface area contributed by atoms with E-state index < -0.39 is 5.16 Å². The molecule has 4 rings (SSSR count). The minimum Gasteiger partial charge on any atom is -0.261 e. The molecular formula is C39H57FeN2P3. The van der Waals surface area contributed by atoms with E-state index in [0.717, 1.165) is 23.7 Å². The Bertz CT molecular complexity index is 1320. The normalized spacial score (nSPS) is 13.0. The zero-order chi connectivity index (χ0) is 33.0. The van der Waals surface area contributed by atoms with E-state index in [4.69, 9.17) is 9.97 Å². The van der Waals surface area contributed by atoms with E-state index >= 15 is 0 Å². The molecule has 0 saturated heterocycles. The third-order valence-electron chi connectivity index (χ3n) is 8.17. The number of aromatic nitrogens is 2. The van der Waals surface area contributed by atoms with Crippen molar-refractivity contribution in [1.82, 2.24) is 9.97 Å². The van der Waals surface area contributed by atoms with E-state index in [2.05, 4.69) is 129 Å². The van der Waals surface area contributed by atoms with Gasteiger partial charge in [0.25, 0.3) is 0 Å². The summed E-state index contributed by atoms with van der Waals surface area (Å²) in [5.41, 5.74) is 6.45. The molecule has 1 unspecified atom stereocenters. The van der Waals surface area contributed by atoms with Crippen LogP contribution in [0.4, 0.5) is 0 Å². The maximum Gasteiger partial charge on any atom is 2.00 e. The van der Waals surface area contributed by atoms with Gasteiger partial charge in [-0.1, -0.05) is 109 Å². The van der Waals surface area contributed by atoms with E-state index in [-0.39, 0.29) is 53.5 Å². The molecule has 2 aromatic heterocycles. The Labute approximate surface area is 291 Å². The van der Waals surface area contributed by atoms with Crippen LogP contribution in [0.1, 0.15) is 111 Å². The molecule has 0 radical (unpaired) electrons. The second-order valence-electron chi connectivity index (χ2n) is 15.8. The second-order valence-corrected chi connectivity index (χ2v) is 24.4. The Morgan fingerprint density at radius 1 is 0.644 bits per heavy atom. The summed E-state index contributed by atoms with van der Waals surface area (Å²) in [5.74, 6) is 0. The van der Waals surface area contributed by atoms with Crippen molar-refractivity contribution in [1.29, 1.82) is 0 Å². The van der Waals surface area contributed by atoms with Gasteiger partial charge in [0, 0.05) is 28.9 Å². The monoisotopic (exact) mass is 702 g/mol. The van der Waals surface area contributed by atoms with Crippen molar-refractivity contribution in [2.75, 3.05) is 0 Å². The van der Waals surface area contributed by atoms with Crippen LogP contribution in [0.15, 0.2) is 91.3 Å². The summed E-state index contributed by atoms with van der Waals surface area (Å²) in [6, 6.07) is 27.4. The first-order chi connectivity index (χ1) is 20.3. The van der Waals surface area contributed by atoms with Crippen molar-refractivity contribution in [3.8, 4) is 0 Å². The van der Waals surface area contributed by atoms with E-state index in [1.54, 1.807) is 0 Å². The zero-order valence-electron chi connectivity index (χ0n) is 29.8. The Morgan fingerprint density at radius 2 is 1.09 bits per heavy atom. The Balaban J connectivity index is 0.00000107. The standard InChI is InChI=1S/C34H52N2P3.C5H5.Fe/c1-30(2,3)38(31(4,5)6)23-25-19-20-27(26(25)24-39(32(7,8)9)33(10,11)12)34(37,28-17-13-15-21-35-28)29-18-14-16-22-36-29;1-2-4-5-3-1;/h13-22H,23-24,37H2,1-12H3;1-5H;/q2*-1;+2. The Kier molecular flexibility index (Phi) is 14.0. The van der Waals surface area contributed by atoms with Crippen LogP contribution in [0.3, 0.4) is 0 Å². The van der Waals surface area contributed by atoms with Crippen molar-refractivity contribution >= 4 is 25.1 Å². The molecule has 0 spiro atoms. The van der Waals surface area contributed by atoms with Crippen LogP contribution in [0, 0.1) is 0 Å². The molecule has 0 amide bonds. The van der Waals surface area contributed by atoms with Crippen LogP contribution in [0.2, 0.25) is 0 Å². The van der Waals surface area contributed by atoms with E-state index in [1.807, 2.05) is 54.9 Å². The Morgan fingerprint density at radius 3 is 1.42 bits per heavy atom. The minimum atomic E-state index is -0.515. The van der Waals surface area contributed by atoms with Gasteiger partial charge in [0.1, 0.15) is 0 Å². The summed E-state index contributed by atoms with van der Waals surface area (Å²) in [6.45, 7) is 29.3. The average molecular weight is 703 g/mol. The molecule has 0 aliphatic rings. The smallest absolute Gasteiger partial charge is 0.261 e. The first kappa shape index (κ1) is 40.0. The first-order valence-corrected chi connectivity index (χ1v) is 19.5. The topological polar surface area (TPSA) is 25.8 Å². The molecule has 4 aromatic rings. The van der Waals surface area contributed by atoms with Gasteiger partial charge in [0.05, 0.1) is 0 Å². The number of pyridine rings is 2. The molecule has 2 aromatic carbocycles. The summed E-state index contributed by atoms with van der Waals surface area (Å²) in [4.78, 5) is 9.84. The Hall–Kier alpha value is -1.19. The minimum absolute atomic E-state index is 0. The molecule has 0 saturated carbocycles. The molecule has 246 valence electrons. The van der Waals surface area contributed by atoms with Crippen LogP contribution in [0.25, 0.3) is 0 Å². The van der Waals surface area contributed by atoms with Gasteiger partial charge in [0.15, 0.2) is 0 Å². The fourth-order valence-corrected chi connectivity index (χ4v) is 14.3. The number of rotatable bonds is 7. The SMILES string of the molecule is CC(C)(C)P(Cc1c(C(P)(c2ccccn2)c2ccccn2)cc[c-]1CP(C(C)(C)C)C(C)(C)C)C(C)(C)C.[Fe+2].c1cc[cH-]c1. The van der Waals surface area contributed by atoms with Crippen LogP contribution < -0.4 is 0 Å². The van der Waals surface area contributed by atoms with Crippen molar-refractivity contribution in [2.24, 2.45) is 0 Å². The van der Waals surface area contributed by atoms with Gasteiger partial charge in [-0.05, 0) is 51.1 Å². The van der Waals surface area contributed by atoms with E-state index in [1.165, 1.54) is 16.7 Å². The van der Waals surface area contributed by atoms with Gasteiger partial charge >= 0.3 is 17.1 Å². The summed E-state index contributed by atoms with van der Waals surface area (Å²) in [5, 5.41) is 0.483. The summed E-state index contributed by atoms with van der Waals surface area (Å²) in [7, 11) is 2.60. The molecule has 45 heavy (non-hydrogen) atoms. The molecule has 6 heteroatoms. The molecule has 0 fully saturated rings. The molecule has 1 atom stereocenters. The van der Waals surface area contributed by atoms with Gasteiger partial charge in [-0.15, -0.1) is 22.7 Å². The summed E-state index contributed by atoms with van der Waals surface area (Å²) in [6.07, 6.45) is 6.07. The van der Waals surface area contributed by atoms with E-state index in [9.17, 15) is 0 Å². The van der Waals surface area contributed by atoms with Gasteiger partial charge in [-0.2, -0.15) is 35.4 Å². The zero-order valence-corrected chi connectivity index (χ0v) is 33.8. The number of nitrogens with zero attached hydrogens (tertiary/aromatic N) is 2. The van der Waals surface area contributed by atoms with Crippen LogP contribution in [0.5, 0.6) is 0 Å². The van der Waals surface area contributed by atoms with Crippen LogP contribution in [-0.2, 0) is 34.5 Å². The summed E-state index contributed by atoms with van der Waals surface area (Å²) >= 11 is 0. The largest absolute Gasteiger partial charge is 2.00 e. The van der Waals surface area contributed by atoms with E-state index in [0.29, 0.717) is 0 Å². The van der Waals surface area contributed by atoms with Gasteiger partial charge in [-0.25, -0.2) is 18.2 Å². The fraction of sp³-hybridized carbons (Fsp3) is 0.487. The molecule has 2 heterocycles. The van der Waals surface area contributed by atoms with Gasteiger partial charge in [0.2, 0.25) is 0 Å². The molecule has 2 nitrogen and oxygen atoms in total. The second kappa shape index (κ2) is 15.8. The number of hydrogen-bond donors (Lipinski definition) is 0. The maximum atomic E-state index is 4.92. The molecule has 0 N–H and O–H groups in total. The third kappa shape index (κ3) is 10.4. The van der Waals surface area contributed by atoms with Crippen molar-refractivity contribution in [3.05, 3.63) is 119 Å². The fourth-order valence-electron chi connectivity index (χ4n) is 6.47. The number of hydrogen-bond acceptors (Lipinski definition) is 2. The van der Waals surface area contributed by atoms with Gasteiger partial charge in [-0.3, -0.25) is 9.97 Å². The van der Waals surface area contributed by atoms with Crippen molar-refractivity contribution in [2.45, 2.75) is 121 Å². The quantitative estimate of drug-likeness (QED) is 0.109. The van der Waals surface area contributed by atoms with Crippen molar-refractivity contribution < 1.29 is 17.1 Å². The van der Waals surface area contributed by atoms with Gasteiger partial charge < -0.3 is 0 Å². The molecule has 0 aliphatic heterocycles. The predicted octanol–water partition coefficient (Wildman–Crippen LogP) is 11.9. The maximum absolute atomic E-state index is 4.92. The third-order valence-corrected chi connectivity index (χ3v) is 16.8. The first-order valence-electron chi connectivity index (χ1n) is 15.9. The predicted molar refractivity (Wildman–Crippen MR) is 202 cm³/mol. The summed E-state index contributed by atoms with van der Waals surface area (Å²) < 4.78 is 0. The molecule has 0 bridgehead atoms. The molecule has 0 aliphatic carbocycles. The van der Waals surface area contributed by atoms with Crippen molar-refractivity contribution in [3.63, 3.8) is 0 Å². The van der Waals surface area contributed by atoms with Crippen LogP contribution >= 0.6 is 25.1 Å².